The fourth-order valence-corrected chi connectivity index (χ4v) is 2.93. The molecule has 5 heteroatoms. The average Bonchev–Trinajstić information content (AvgIpc) is 2.50. The van der Waals surface area contributed by atoms with Crippen molar-refractivity contribution in [2.24, 2.45) is 5.92 Å². The monoisotopic (exact) mass is 304 g/mol. The van der Waals surface area contributed by atoms with Gasteiger partial charge >= 0.3 is 12.0 Å². The minimum absolute atomic E-state index is 0.0652. The summed E-state index contributed by atoms with van der Waals surface area (Å²) in [6, 6.07) is 5.91. The Morgan fingerprint density at radius 3 is 2.50 bits per heavy atom. The van der Waals surface area contributed by atoms with Crippen molar-refractivity contribution in [3.05, 3.63) is 34.9 Å². The van der Waals surface area contributed by atoms with E-state index in [1.807, 2.05) is 19.1 Å². The Balaban J connectivity index is 1.95. The van der Waals surface area contributed by atoms with Gasteiger partial charge in [0.05, 0.1) is 12.0 Å². The molecule has 0 radical (unpaired) electrons. The van der Waals surface area contributed by atoms with E-state index in [0.717, 1.165) is 5.56 Å². The highest BCUT2D eigenvalue weighted by atomic mass is 16.4. The van der Waals surface area contributed by atoms with Crippen molar-refractivity contribution in [3.8, 4) is 0 Å². The Morgan fingerprint density at radius 2 is 1.91 bits per heavy atom. The lowest BCUT2D eigenvalue weighted by molar-refractivity contribution is -0.143. The number of hydrogen-bond donors (Lipinski definition) is 2. The summed E-state index contributed by atoms with van der Waals surface area (Å²) in [5.41, 5.74) is 3.52. The molecule has 1 unspecified atom stereocenters. The lowest BCUT2D eigenvalue weighted by atomic mass is 9.97. The molecule has 2 amide bonds. The molecule has 0 bridgehead atoms. The van der Waals surface area contributed by atoms with Gasteiger partial charge in [-0.1, -0.05) is 18.2 Å². The molecule has 2 rings (SSSR count). The van der Waals surface area contributed by atoms with E-state index in [9.17, 15) is 9.59 Å². The minimum Gasteiger partial charge on any atom is -0.481 e. The highest BCUT2D eigenvalue weighted by Gasteiger charge is 2.27. The predicted octanol–water partition coefficient (Wildman–Crippen LogP) is 2.87. The Kier molecular flexibility index (Phi) is 5.06. The maximum absolute atomic E-state index is 12.3. The van der Waals surface area contributed by atoms with Crippen LogP contribution in [0, 0.1) is 19.8 Å². The van der Waals surface area contributed by atoms with Gasteiger partial charge < -0.3 is 15.3 Å². The number of benzene rings is 1. The summed E-state index contributed by atoms with van der Waals surface area (Å²) in [6.45, 7) is 7.10. The van der Waals surface area contributed by atoms with E-state index in [2.05, 4.69) is 25.2 Å². The second-order valence-corrected chi connectivity index (χ2v) is 6.06. The van der Waals surface area contributed by atoms with E-state index >= 15 is 0 Å². The number of nitrogens with one attached hydrogen (secondary N) is 1. The van der Waals surface area contributed by atoms with Crippen LogP contribution in [0.3, 0.4) is 0 Å². The number of carboxylic acid groups (broad SMARTS) is 1. The van der Waals surface area contributed by atoms with Gasteiger partial charge in [-0.3, -0.25) is 4.79 Å². The molecule has 1 fully saturated rings. The first-order valence-electron chi connectivity index (χ1n) is 7.74. The number of carbonyl (C=O) groups is 2. The van der Waals surface area contributed by atoms with Crippen molar-refractivity contribution in [1.82, 2.24) is 10.2 Å². The maximum Gasteiger partial charge on any atom is 0.317 e. The van der Waals surface area contributed by atoms with Gasteiger partial charge in [-0.25, -0.2) is 4.79 Å². The Bertz CT molecular complexity index is 563. The van der Waals surface area contributed by atoms with Crippen molar-refractivity contribution in [2.45, 2.75) is 39.7 Å². The number of rotatable bonds is 3. The van der Waals surface area contributed by atoms with Crippen LogP contribution in [-0.4, -0.2) is 35.1 Å². The van der Waals surface area contributed by atoms with Crippen molar-refractivity contribution in [3.63, 3.8) is 0 Å². The van der Waals surface area contributed by atoms with Crippen LogP contribution in [0.15, 0.2) is 18.2 Å². The first-order valence-corrected chi connectivity index (χ1v) is 7.74. The summed E-state index contributed by atoms with van der Waals surface area (Å²) in [7, 11) is 0. The van der Waals surface area contributed by atoms with Gasteiger partial charge in [-0.05, 0) is 50.3 Å². The zero-order valence-electron chi connectivity index (χ0n) is 13.4. The average molecular weight is 304 g/mol. The standard InChI is InChI=1S/C17H24N2O3/c1-11-5-4-6-15(12(11)2)13(3)18-17(22)19-9-7-14(8-10-19)16(20)21/h4-6,13-14H,7-10H2,1-3H3,(H,18,22)(H,20,21). The summed E-state index contributed by atoms with van der Waals surface area (Å²) in [5, 5.41) is 12.0. The first kappa shape index (κ1) is 16.3. The second kappa shape index (κ2) is 6.81. The maximum atomic E-state index is 12.3. The van der Waals surface area contributed by atoms with E-state index in [4.69, 9.17) is 5.11 Å². The van der Waals surface area contributed by atoms with Crippen molar-refractivity contribution < 1.29 is 14.7 Å². The van der Waals surface area contributed by atoms with Crippen LogP contribution in [0.25, 0.3) is 0 Å². The van der Waals surface area contributed by atoms with Gasteiger partial charge in [0.1, 0.15) is 0 Å². The summed E-state index contributed by atoms with van der Waals surface area (Å²) >= 11 is 0. The number of aliphatic carboxylic acids is 1. The number of aryl methyl sites for hydroxylation is 1. The van der Waals surface area contributed by atoms with Crippen LogP contribution >= 0.6 is 0 Å². The van der Waals surface area contributed by atoms with E-state index in [1.54, 1.807) is 4.90 Å². The first-order chi connectivity index (χ1) is 10.4. The molecule has 0 aromatic heterocycles. The Labute approximate surface area is 131 Å². The highest BCUT2D eigenvalue weighted by molar-refractivity contribution is 5.76. The molecule has 0 spiro atoms. The van der Waals surface area contributed by atoms with Crippen LogP contribution in [0.1, 0.15) is 42.5 Å². The van der Waals surface area contributed by atoms with Gasteiger partial charge in [0.25, 0.3) is 0 Å². The summed E-state index contributed by atoms with van der Waals surface area (Å²) in [6.07, 6.45) is 1.06. The number of likely N-dealkylation sites (tertiary alicyclic amines) is 1. The summed E-state index contributed by atoms with van der Waals surface area (Å²) < 4.78 is 0. The molecular weight excluding hydrogens is 280 g/mol. The predicted molar refractivity (Wildman–Crippen MR) is 84.8 cm³/mol. The molecule has 1 saturated heterocycles. The third kappa shape index (κ3) is 3.59. The molecule has 0 aliphatic carbocycles. The fourth-order valence-electron chi connectivity index (χ4n) is 2.93. The number of carboxylic acids is 1. The van der Waals surface area contributed by atoms with E-state index in [-0.39, 0.29) is 18.0 Å². The van der Waals surface area contributed by atoms with E-state index in [1.165, 1.54) is 11.1 Å². The van der Waals surface area contributed by atoms with Crippen molar-refractivity contribution in [2.75, 3.05) is 13.1 Å². The smallest absolute Gasteiger partial charge is 0.317 e. The number of carbonyl (C=O) groups excluding carboxylic acids is 1. The van der Waals surface area contributed by atoms with Crippen molar-refractivity contribution in [1.29, 1.82) is 0 Å². The third-order valence-electron chi connectivity index (χ3n) is 4.58. The number of hydrogen-bond acceptors (Lipinski definition) is 2. The van der Waals surface area contributed by atoms with Crippen LogP contribution in [0.2, 0.25) is 0 Å². The normalized spacial score (nSPS) is 17.1. The molecule has 120 valence electrons. The minimum atomic E-state index is -0.760. The zero-order valence-corrected chi connectivity index (χ0v) is 13.4. The molecule has 1 heterocycles. The van der Waals surface area contributed by atoms with Gasteiger partial charge in [0, 0.05) is 13.1 Å². The number of nitrogens with zero attached hydrogens (tertiary/aromatic N) is 1. The lowest BCUT2D eigenvalue weighted by Crippen LogP contribution is -2.46. The number of piperidine rings is 1. The molecule has 1 aromatic rings. The Morgan fingerprint density at radius 1 is 1.27 bits per heavy atom. The third-order valence-corrected chi connectivity index (χ3v) is 4.58. The van der Waals surface area contributed by atoms with Crippen molar-refractivity contribution >= 4 is 12.0 Å². The zero-order chi connectivity index (χ0) is 16.3. The van der Waals surface area contributed by atoms with Gasteiger partial charge in [-0.15, -0.1) is 0 Å². The van der Waals surface area contributed by atoms with Gasteiger partial charge in [0.2, 0.25) is 0 Å². The second-order valence-electron chi connectivity index (χ2n) is 6.06. The molecule has 1 aliphatic heterocycles. The van der Waals surface area contributed by atoms with Crippen LogP contribution in [-0.2, 0) is 4.79 Å². The quantitative estimate of drug-likeness (QED) is 0.902. The van der Waals surface area contributed by atoms with Crippen LogP contribution < -0.4 is 5.32 Å². The summed E-state index contributed by atoms with van der Waals surface area (Å²) in [4.78, 5) is 25.0. The van der Waals surface area contributed by atoms with E-state index < -0.39 is 5.97 Å². The van der Waals surface area contributed by atoms with Gasteiger partial charge in [-0.2, -0.15) is 0 Å². The molecule has 1 aromatic carbocycles. The van der Waals surface area contributed by atoms with Gasteiger partial charge in [0.15, 0.2) is 0 Å². The highest BCUT2D eigenvalue weighted by Crippen LogP contribution is 2.21. The topological polar surface area (TPSA) is 69.6 Å². The molecule has 1 aliphatic rings. The lowest BCUT2D eigenvalue weighted by Gasteiger charge is -2.31. The van der Waals surface area contributed by atoms with Crippen LogP contribution in [0.5, 0.6) is 0 Å². The van der Waals surface area contributed by atoms with Crippen LogP contribution in [0.4, 0.5) is 4.79 Å². The molecule has 0 saturated carbocycles. The largest absolute Gasteiger partial charge is 0.481 e. The molecule has 5 nitrogen and oxygen atoms in total. The molecule has 1 atom stereocenters. The molecule has 22 heavy (non-hydrogen) atoms. The fraction of sp³-hybridized carbons (Fsp3) is 0.529. The molecular formula is C17H24N2O3. The van der Waals surface area contributed by atoms with E-state index in [0.29, 0.717) is 25.9 Å². The number of amides is 2. The molecule has 2 N–H and O–H groups in total. The SMILES string of the molecule is Cc1cccc(C(C)NC(=O)N2CCC(C(=O)O)CC2)c1C. The summed E-state index contributed by atoms with van der Waals surface area (Å²) in [5.74, 6) is -1.08. The Hall–Kier alpha value is -2.04. The number of urea groups is 1.